The first-order valence-corrected chi connectivity index (χ1v) is 11.4. The number of H-pyrrole nitrogens is 1. The number of carbonyl (C=O) groups is 3. The van der Waals surface area contributed by atoms with Gasteiger partial charge in [0, 0.05) is 24.5 Å². The first kappa shape index (κ1) is 26.2. The first-order chi connectivity index (χ1) is 17.5. The van der Waals surface area contributed by atoms with Crippen molar-refractivity contribution in [2.24, 2.45) is 0 Å². The molecule has 1 aliphatic heterocycles. The highest BCUT2D eigenvalue weighted by atomic mass is 35.5. The van der Waals surface area contributed by atoms with E-state index in [1.54, 1.807) is 0 Å². The molecule has 4 rings (SSSR count). The molecule has 2 aromatic carbocycles. The Kier molecular flexibility index (Phi) is 7.25. The number of hydrogen-bond acceptors (Lipinski definition) is 5. The second-order valence-corrected chi connectivity index (χ2v) is 8.72. The standard InChI is InChI=1S/C23H20ClF4N5O4/c1-33(8-2-3-16-18-15(30-22(36)37-16)7-5-13(24)19(18)25)17(34)10-29-21(35)11-4-6-14-12(9-11)20(32-31-14)23(26,27)28/h4-7,9,16H,2-3,8,10H2,1H3,(H,29,35)(H,30,36)(H,31,32). The van der Waals surface area contributed by atoms with E-state index in [2.05, 4.69) is 15.7 Å². The lowest BCUT2D eigenvalue weighted by Gasteiger charge is -2.27. The molecule has 196 valence electrons. The van der Waals surface area contributed by atoms with E-state index in [4.69, 9.17) is 16.3 Å². The Labute approximate surface area is 212 Å². The van der Waals surface area contributed by atoms with E-state index in [1.165, 1.54) is 36.2 Å². The van der Waals surface area contributed by atoms with Crippen molar-refractivity contribution in [3.8, 4) is 0 Å². The first-order valence-electron chi connectivity index (χ1n) is 11.0. The Balaban J connectivity index is 1.31. The molecule has 1 unspecified atom stereocenters. The molecule has 0 bridgehead atoms. The highest BCUT2D eigenvalue weighted by Gasteiger charge is 2.35. The van der Waals surface area contributed by atoms with E-state index in [9.17, 15) is 31.9 Å². The Morgan fingerprint density at radius 1 is 1.24 bits per heavy atom. The van der Waals surface area contributed by atoms with Crippen LogP contribution in [-0.2, 0) is 15.7 Å². The quantitative estimate of drug-likeness (QED) is 0.377. The molecule has 3 N–H and O–H groups in total. The number of rotatable bonds is 7. The largest absolute Gasteiger partial charge is 0.441 e. The topological polar surface area (TPSA) is 116 Å². The molecular formula is C23H20ClF4N5O4. The average Bonchev–Trinajstić information content (AvgIpc) is 3.28. The second-order valence-electron chi connectivity index (χ2n) is 8.31. The molecule has 1 aliphatic rings. The fourth-order valence-corrected chi connectivity index (χ4v) is 4.08. The number of halogens is 5. The fraction of sp³-hybridized carbons (Fsp3) is 0.304. The van der Waals surface area contributed by atoms with Gasteiger partial charge in [-0.1, -0.05) is 11.6 Å². The summed E-state index contributed by atoms with van der Waals surface area (Å²) in [5, 5.41) is 9.90. The van der Waals surface area contributed by atoms with E-state index in [0.29, 0.717) is 6.42 Å². The lowest BCUT2D eigenvalue weighted by atomic mass is 10.0. The third-order valence-corrected chi connectivity index (χ3v) is 6.12. The number of amides is 3. The van der Waals surface area contributed by atoms with Gasteiger partial charge < -0.3 is 15.0 Å². The lowest BCUT2D eigenvalue weighted by Crippen LogP contribution is -2.38. The molecule has 0 saturated heterocycles. The second kappa shape index (κ2) is 10.2. The predicted molar refractivity (Wildman–Crippen MR) is 125 cm³/mol. The number of hydrogen-bond donors (Lipinski definition) is 3. The molecule has 0 aliphatic carbocycles. The number of likely N-dealkylation sites (N-methyl/N-ethyl adjacent to an activating group) is 1. The van der Waals surface area contributed by atoms with Crippen LogP contribution in [-0.4, -0.2) is 53.1 Å². The summed E-state index contributed by atoms with van der Waals surface area (Å²) in [5.41, 5.74) is -0.717. The van der Waals surface area contributed by atoms with E-state index >= 15 is 0 Å². The maximum atomic E-state index is 14.5. The minimum Gasteiger partial charge on any atom is -0.441 e. The maximum absolute atomic E-state index is 14.5. The molecule has 0 radical (unpaired) electrons. The van der Waals surface area contributed by atoms with Crippen LogP contribution >= 0.6 is 11.6 Å². The van der Waals surface area contributed by atoms with Gasteiger partial charge in [0.1, 0.15) is 11.8 Å². The minimum absolute atomic E-state index is 0.0453. The molecule has 0 spiro atoms. The summed E-state index contributed by atoms with van der Waals surface area (Å²) in [6, 6.07) is 6.42. The fourth-order valence-electron chi connectivity index (χ4n) is 3.92. The van der Waals surface area contributed by atoms with Gasteiger partial charge in [-0.15, -0.1) is 0 Å². The van der Waals surface area contributed by atoms with Crippen molar-refractivity contribution in [2.45, 2.75) is 25.1 Å². The number of aromatic amines is 1. The maximum Gasteiger partial charge on any atom is 0.433 e. The summed E-state index contributed by atoms with van der Waals surface area (Å²) in [7, 11) is 1.49. The van der Waals surface area contributed by atoms with Gasteiger partial charge in [0.2, 0.25) is 5.91 Å². The van der Waals surface area contributed by atoms with Crippen molar-refractivity contribution in [2.75, 3.05) is 25.5 Å². The minimum atomic E-state index is -4.67. The number of anilines is 1. The van der Waals surface area contributed by atoms with E-state index in [-0.39, 0.29) is 45.7 Å². The van der Waals surface area contributed by atoms with E-state index in [1.807, 2.05) is 5.10 Å². The third-order valence-electron chi connectivity index (χ3n) is 5.83. The van der Waals surface area contributed by atoms with Crippen LogP contribution in [0, 0.1) is 5.82 Å². The normalized spacial score (nSPS) is 15.1. The molecule has 3 amide bonds. The van der Waals surface area contributed by atoms with Crippen LogP contribution in [0.3, 0.4) is 0 Å². The van der Waals surface area contributed by atoms with Crippen molar-refractivity contribution in [3.05, 3.63) is 58.0 Å². The molecule has 14 heteroatoms. The molecule has 1 atom stereocenters. The van der Waals surface area contributed by atoms with Crippen LogP contribution in [0.4, 0.5) is 28.0 Å². The zero-order valence-corrected chi connectivity index (χ0v) is 20.0. The number of aromatic nitrogens is 2. The van der Waals surface area contributed by atoms with Crippen molar-refractivity contribution in [3.63, 3.8) is 0 Å². The highest BCUT2D eigenvalue weighted by molar-refractivity contribution is 6.31. The smallest absolute Gasteiger partial charge is 0.433 e. The number of nitrogens with zero attached hydrogens (tertiary/aromatic N) is 2. The Morgan fingerprint density at radius 3 is 2.73 bits per heavy atom. The van der Waals surface area contributed by atoms with Crippen molar-refractivity contribution >= 4 is 46.1 Å². The van der Waals surface area contributed by atoms with Gasteiger partial charge in [-0.3, -0.25) is 20.0 Å². The van der Waals surface area contributed by atoms with Gasteiger partial charge in [-0.25, -0.2) is 9.18 Å². The number of fused-ring (bicyclic) bond motifs is 2. The highest BCUT2D eigenvalue weighted by Crippen LogP contribution is 2.38. The van der Waals surface area contributed by atoms with Crippen LogP contribution in [0.25, 0.3) is 10.9 Å². The summed E-state index contributed by atoms with van der Waals surface area (Å²) in [6.07, 6.45) is -5.77. The number of benzene rings is 2. The van der Waals surface area contributed by atoms with Crippen molar-refractivity contribution in [1.82, 2.24) is 20.4 Å². The van der Waals surface area contributed by atoms with Crippen LogP contribution in [0.5, 0.6) is 0 Å². The van der Waals surface area contributed by atoms with E-state index < -0.39 is 48.2 Å². The number of cyclic esters (lactones) is 1. The zero-order chi connectivity index (χ0) is 26.9. The number of ether oxygens (including phenoxy) is 1. The summed E-state index contributed by atoms with van der Waals surface area (Å²) < 4.78 is 59.0. The molecule has 9 nitrogen and oxygen atoms in total. The van der Waals surface area contributed by atoms with Gasteiger partial charge in [0.15, 0.2) is 5.82 Å². The Morgan fingerprint density at radius 2 is 2.00 bits per heavy atom. The number of alkyl halides is 3. The monoisotopic (exact) mass is 541 g/mol. The van der Waals surface area contributed by atoms with Crippen LogP contribution < -0.4 is 10.6 Å². The SMILES string of the molecule is CN(CCCC1OC(=O)Nc2ccc(Cl)c(F)c21)C(=O)CNC(=O)c1ccc2n[nH]c(C(F)(F)F)c2c1. The third kappa shape index (κ3) is 5.61. The molecule has 37 heavy (non-hydrogen) atoms. The summed E-state index contributed by atoms with van der Waals surface area (Å²) in [5.74, 6) is -1.90. The van der Waals surface area contributed by atoms with Crippen molar-refractivity contribution in [1.29, 1.82) is 0 Å². The molecule has 2 heterocycles. The van der Waals surface area contributed by atoms with Crippen LogP contribution in [0.1, 0.15) is 40.6 Å². The number of carbonyl (C=O) groups excluding carboxylic acids is 3. The molecule has 0 fully saturated rings. The summed E-state index contributed by atoms with van der Waals surface area (Å²) in [4.78, 5) is 38.0. The van der Waals surface area contributed by atoms with Gasteiger partial charge in [0.05, 0.1) is 28.3 Å². The predicted octanol–water partition coefficient (Wildman–Crippen LogP) is 4.65. The Bertz CT molecular complexity index is 1380. The number of nitrogens with one attached hydrogen (secondary N) is 3. The van der Waals surface area contributed by atoms with Gasteiger partial charge >= 0.3 is 12.3 Å². The van der Waals surface area contributed by atoms with Gasteiger partial charge in [-0.05, 0) is 43.2 Å². The molecule has 0 saturated carbocycles. The van der Waals surface area contributed by atoms with E-state index in [0.717, 1.165) is 6.07 Å². The van der Waals surface area contributed by atoms with Crippen LogP contribution in [0.2, 0.25) is 5.02 Å². The molecule has 1 aromatic heterocycles. The average molecular weight is 542 g/mol. The zero-order valence-electron chi connectivity index (χ0n) is 19.2. The van der Waals surface area contributed by atoms with Crippen molar-refractivity contribution < 1.29 is 36.7 Å². The van der Waals surface area contributed by atoms with Gasteiger partial charge in [-0.2, -0.15) is 18.3 Å². The lowest BCUT2D eigenvalue weighted by molar-refractivity contribution is -0.140. The molecular weight excluding hydrogens is 522 g/mol. The van der Waals surface area contributed by atoms with Crippen LogP contribution in [0.15, 0.2) is 30.3 Å². The molecule has 3 aromatic rings. The summed E-state index contributed by atoms with van der Waals surface area (Å²) in [6.45, 7) is -0.204. The Hall–Kier alpha value is -3.87. The summed E-state index contributed by atoms with van der Waals surface area (Å²) >= 11 is 5.84. The van der Waals surface area contributed by atoms with Gasteiger partial charge in [0.25, 0.3) is 5.91 Å².